The Balaban J connectivity index is 2.21. The molecule has 0 bridgehead atoms. The number of nitrogens with zero attached hydrogens (tertiary/aromatic N) is 1. The minimum Gasteiger partial charge on any atom is -0.326 e. The lowest BCUT2D eigenvalue weighted by Gasteiger charge is -2.09. The van der Waals surface area contributed by atoms with Gasteiger partial charge in [0, 0.05) is 16.4 Å². The summed E-state index contributed by atoms with van der Waals surface area (Å²) in [5, 5.41) is 2.74. The van der Waals surface area contributed by atoms with E-state index in [9.17, 15) is 8.42 Å². The number of nitrogens with two attached hydrogens (primary N) is 1. The summed E-state index contributed by atoms with van der Waals surface area (Å²) in [5.41, 5.74) is 7.01. The van der Waals surface area contributed by atoms with Crippen molar-refractivity contribution in [3.8, 4) is 0 Å². The largest absolute Gasteiger partial charge is 0.326 e. The molecule has 3 N–H and O–H groups in total. The van der Waals surface area contributed by atoms with E-state index in [1.165, 1.54) is 11.3 Å². The summed E-state index contributed by atoms with van der Waals surface area (Å²) in [6, 6.07) is 5.04. The Morgan fingerprint density at radius 1 is 1.45 bits per heavy atom. The Hall–Kier alpha value is -0.800. The molecule has 108 valence electrons. The van der Waals surface area contributed by atoms with E-state index in [-0.39, 0.29) is 11.4 Å². The molecule has 0 aliphatic heterocycles. The zero-order valence-corrected chi connectivity index (χ0v) is 14.0. The van der Waals surface area contributed by atoms with Gasteiger partial charge in [0.2, 0.25) is 10.0 Å². The topological polar surface area (TPSA) is 85.1 Å². The van der Waals surface area contributed by atoms with Crippen molar-refractivity contribution in [2.75, 3.05) is 0 Å². The molecule has 0 aliphatic rings. The lowest BCUT2D eigenvalue weighted by molar-refractivity contribution is 0.580. The maximum absolute atomic E-state index is 12.3. The van der Waals surface area contributed by atoms with Crippen molar-refractivity contribution < 1.29 is 8.42 Å². The Kier molecular flexibility index (Phi) is 4.92. The predicted molar refractivity (Wildman–Crippen MR) is 82.9 cm³/mol. The molecule has 0 saturated carbocycles. The molecule has 0 saturated heterocycles. The first-order valence-electron chi connectivity index (χ1n) is 5.81. The smallest absolute Gasteiger partial charge is 0.242 e. The van der Waals surface area contributed by atoms with E-state index in [2.05, 4.69) is 25.6 Å². The van der Waals surface area contributed by atoms with Gasteiger partial charge < -0.3 is 5.73 Å². The average Bonchev–Trinajstić information content (AvgIpc) is 2.83. The van der Waals surface area contributed by atoms with Crippen molar-refractivity contribution in [3.63, 3.8) is 0 Å². The summed E-state index contributed by atoms with van der Waals surface area (Å²) in [5.74, 6) is 0. The zero-order chi connectivity index (χ0) is 14.8. The van der Waals surface area contributed by atoms with E-state index < -0.39 is 10.0 Å². The first-order valence-corrected chi connectivity index (χ1v) is 8.97. The van der Waals surface area contributed by atoms with Crippen molar-refractivity contribution in [1.82, 2.24) is 9.71 Å². The second-order valence-corrected chi connectivity index (χ2v) is 7.80. The molecule has 2 aromatic rings. The van der Waals surface area contributed by atoms with Crippen LogP contribution in [0.1, 0.15) is 16.3 Å². The molecule has 0 aliphatic carbocycles. The molecular weight excluding hydrogens is 362 g/mol. The van der Waals surface area contributed by atoms with E-state index in [4.69, 9.17) is 5.73 Å². The highest BCUT2D eigenvalue weighted by molar-refractivity contribution is 9.10. The van der Waals surface area contributed by atoms with Crippen molar-refractivity contribution in [2.45, 2.75) is 24.9 Å². The third-order valence-corrected chi connectivity index (χ3v) is 5.85. The van der Waals surface area contributed by atoms with E-state index in [0.717, 1.165) is 10.6 Å². The highest BCUT2D eigenvalue weighted by atomic mass is 79.9. The van der Waals surface area contributed by atoms with Crippen molar-refractivity contribution >= 4 is 37.3 Å². The minimum atomic E-state index is -3.60. The summed E-state index contributed by atoms with van der Waals surface area (Å²) < 4.78 is 27.6. The molecule has 1 aromatic carbocycles. The van der Waals surface area contributed by atoms with Gasteiger partial charge in [-0.25, -0.2) is 18.1 Å². The number of aromatic nitrogens is 1. The fourth-order valence-corrected chi connectivity index (χ4v) is 4.24. The molecular formula is C12H14BrN3O2S2. The fourth-order valence-electron chi connectivity index (χ4n) is 1.62. The van der Waals surface area contributed by atoms with Crippen LogP contribution in [0.2, 0.25) is 0 Å². The van der Waals surface area contributed by atoms with Crippen LogP contribution in [0.4, 0.5) is 0 Å². The van der Waals surface area contributed by atoms with Gasteiger partial charge in [0.05, 0.1) is 22.1 Å². The normalized spacial score (nSPS) is 11.8. The number of nitrogens with one attached hydrogen (secondary N) is 1. The van der Waals surface area contributed by atoms with Gasteiger partial charge >= 0.3 is 0 Å². The highest BCUT2D eigenvalue weighted by Crippen LogP contribution is 2.23. The number of halogens is 1. The first-order chi connectivity index (χ1) is 9.42. The number of sulfonamides is 1. The molecule has 0 spiro atoms. The van der Waals surface area contributed by atoms with Gasteiger partial charge in [-0.1, -0.05) is 6.07 Å². The van der Waals surface area contributed by atoms with Crippen molar-refractivity contribution in [3.05, 3.63) is 44.3 Å². The van der Waals surface area contributed by atoms with Crippen LogP contribution in [0.15, 0.2) is 32.9 Å². The third-order valence-electron chi connectivity index (χ3n) is 2.63. The van der Waals surface area contributed by atoms with Crippen LogP contribution >= 0.6 is 27.3 Å². The van der Waals surface area contributed by atoms with Gasteiger partial charge in [0.1, 0.15) is 0 Å². The van der Waals surface area contributed by atoms with Crippen LogP contribution in [0, 0.1) is 6.92 Å². The second kappa shape index (κ2) is 6.31. The van der Waals surface area contributed by atoms with Crippen LogP contribution in [-0.4, -0.2) is 13.4 Å². The van der Waals surface area contributed by atoms with Crippen LogP contribution in [0.25, 0.3) is 0 Å². The lowest BCUT2D eigenvalue weighted by atomic mass is 10.2. The molecule has 5 nitrogen and oxygen atoms in total. The van der Waals surface area contributed by atoms with Gasteiger partial charge in [-0.2, -0.15) is 0 Å². The molecule has 0 radical (unpaired) electrons. The number of hydrogen-bond donors (Lipinski definition) is 2. The minimum absolute atomic E-state index is 0.173. The van der Waals surface area contributed by atoms with Gasteiger partial charge in [-0.3, -0.25) is 0 Å². The second-order valence-electron chi connectivity index (χ2n) is 4.15. The molecule has 2 rings (SSSR count). The lowest BCUT2D eigenvalue weighted by Crippen LogP contribution is -2.24. The van der Waals surface area contributed by atoms with Gasteiger partial charge in [0.15, 0.2) is 0 Å². The summed E-state index contributed by atoms with van der Waals surface area (Å²) in [6.45, 7) is 2.34. The van der Waals surface area contributed by atoms with E-state index in [0.29, 0.717) is 16.7 Å². The predicted octanol–water partition coefficient (Wildman–Crippen LogP) is 2.15. The molecule has 0 unspecified atom stereocenters. The summed E-state index contributed by atoms with van der Waals surface area (Å²) in [4.78, 5) is 4.41. The summed E-state index contributed by atoms with van der Waals surface area (Å²) >= 11 is 4.74. The molecule has 0 amide bonds. The molecule has 1 aromatic heterocycles. The van der Waals surface area contributed by atoms with Gasteiger partial charge in [-0.05, 0) is 40.5 Å². The zero-order valence-electron chi connectivity index (χ0n) is 10.8. The Morgan fingerprint density at radius 2 is 2.20 bits per heavy atom. The number of thiazole rings is 1. The third kappa shape index (κ3) is 3.64. The Morgan fingerprint density at radius 3 is 2.80 bits per heavy atom. The maximum atomic E-state index is 12.3. The Bertz CT molecular complexity index is 713. The monoisotopic (exact) mass is 375 g/mol. The molecule has 0 fully saturated rings. The van der Waals surface area contributed by atoms with E-state index in [1.807, 2.05) is 12.3 Å². The fraction of sp³-hybridized carbons (Fsp3) is 0.250. The van der Waals surface area contributed by atoms with Crippen LogP contribution in [-0.2, 0) is 23.1 Å². The number of aryl methyl sites for hydroxylation is 1. The standard InChI is InChI=1S/C12H14BrN3O2S2/c1-8-16-10(7-19-8)6-15-20(17,18)12-4-9(5-14)2-3-11(12)13/h2-4,7,15H,5-6,14H2,1H3. The first kappa shape index (κ1) is 15.6. The Labute approximate surface area is 130 Å². The number of rotatable bonds is 5. The highest BCUT2D eigenvalue weighted by Gasteiger charge is 2.18. The number of hydrogen-bond acceptors (Lipinski definition) is 5. The van der Waals surface area contributed by atoms with E-state index >= 15 is 0 Å². The van der Waals surface area contributed by atoms with Crippen LogP contribution in [0.5, 0.6) is 0 Å². The van der Waals surface area contributed by atoms with Crippen LogP contribution < -0.4 is 10.5 Å². The van der Waals surface area contributed by atoms with Gasteiger partial charge in [-0.15, -0.1) is 11.3 Å². The van der Waals surface area contributed by atoms with Crippen LogP contribution in [0.3, 0.4) is 0 Å². The summed E-state index contributed by atoms with van der Waals surface area (Å²) in [7, 11) is -3.60. The van der Waals surface area contributed by atoms with E-state index in [1.54, 1.807) is 18.2 Å². The quantitative estimate of drug-likeness (QED) is 0.838. The molecule has 20 heavy (non-hydrogen) atoms. The molecule has 1 heterocycles. The SMILES string of the molecule is Cc1nc(CNS(=O)(=O)c2cc(CN)ccc2Br)cs1. The summed E-state index contributed by atoms with van der Waals surface area (Å²) in [6.07, 6.45) is 0. The van der Waals surface area contributed by atoms with Crippen molar-refractivity contribution in [2.24, 2.45) is 5.73 Å². The number of benzene rings is 1. The maximum Gasteiger partial charge on any atom is 0.242 e. The van der Waals surface area contributed by atoms with Crippen molar-refractivity contribution in [1.29, 1.82) is 0 Å². The average molecular weight is 376 g/mol. The van der Waals surface area contributed by atoms with Gasteiger partial charge in [0.25, 0.3) is 0 Å². The molecule has 0 atom stereocenters. The molecule has 8 heteroatoms.